The van der Waals surface area contributed by atoms with Crippen molar-refractivity contribution in [1.29, 1.82) is 0 Å². The van der Waals surface area contributed by atoms with Crippen molar-refractivity contribution < 1.29 is 32.2 Å². The van der Waals surface area contributed by atoms with Crippen LogP contribution in [-0.4, -0.2) is 25.8 Å². The number of ether oxygens (including phenoxy) is 3. The molecule has 1 heterocycles. The summed E-state index contributed by atoms with van der Waals surface area (Å²) in [6, 6.07) is 13.9. The predicted molar refractivity (Wildman–Crippen MR) is 124 cm³/mol. The minimum Gasteiger partial charge on any atom is -0.423 e. The molecule has 5 rings (SSSR count). The molecule has 1 unspecified atom stereocenters. The number of hydrogen-bond donors (Lipinski definition) is 0. The lowest BCUT2D eigenvalue weighted by Crippen LogP contribution is -2.20. The van der Waals surface area contributed by atoms with E-state index in [1.165, 1.54) is 30.3 Å². The molecule has 1 aliphatic heterocycles. The first-order chi connectivity index (χ1) is 16.9. The SMILES string of the molecule is COC1CCC(c2ccc(C(=O)Oc3ccc(-c4ccc(C5CO5)cc4F)cc3)c(F)c2F)CC1. The molecule has 1 saturated carbocycles. The normalized spacial score (nSPS) is 21.5. The second kappa shape index (κ2) is 9.84. The van der Waals surface area contributed by atoms with E-state index in [2.05, 4.69) is 0 Å². The molecule has 0 spiro atoms. The van der Waals surface area contributed by atoms with Gasteiger partial charge in [-0.3, -0.25) is 0 Å². The van der Waals surface area contributed by atoms with Crippen molar-refractivity contribution in [1.82, 2.24) is 0 Å². The number of epoxide rings is 1. The van der Waals surface area contributed by atoms with E-state index in [9.17, 15) is 18.0 Å². The summed E-state index contributed by atoms with van der Waals surface area (Å²) in [6.45, 7) is 0.599. The largest absolute Gasteiger partial charge is 0.423 e. The summed E-state index contributed by atoms with van der Waals surface area (Å²) in [5.41, 5.74) is 1.59. The van der Waals surface area contributed by atoms with Gasteiger partial charge in [0.1, 0.15) is 17.7 Å². The third-order valence-corrected chi connectivity index (χ3v) is 6.85. The average molecular weight is 482 g/mol. The van der Waals surface area contributed by atoms with Gasteiger partial charge < -0.3 is 14.2 Å². The Morgan fingerprint density at radius 1 is 0.914 bits per heavy atom. The molecule has 0 radical (unpaired) electrons. The summed E-state index contributed by atoms with van der Waals surface area (Å²) in [7, 11) is 1.65. The molecular formula is C28H25F3O4. The summed E-state index contributed by atoms with van der Waals surface area (Å²) in [5, 5.41) is 0. The zero-order valence-corrected chi connectivity index (χ0v) is 19.2. The third kappa shape index (κ3) is 4.97. The van der Waals surface area contributed by atoms with E-state index < -0.39 is 23.2 Å². The summed E-state index contributed by atoms with van der Waals surface area (Å²) in [4.78, 5) is 12.6. The minimum absolute atomic E-state index is 0.0367. The number of carbonyl (C=O) groups is 1. The predicted octanol–water partition coefficient (Wildman–Crippen LogP) is 6.73. The Morgan fingerprint density at radius 2 is 1.63 bits per heavy atom. The maximum absolute atomic E-state index is 14.8. The summed E-state index contributed by atoms with van der Waals surface area (Å²) in [6.07, 6.45) is 3.07. The Bertz CT molecular complexity index is 1230. The quantitative estimate of drug-likeness (QED) is 0.222. The van der Waals surface area contributed by atoms with Gasteiger partial charge in [0.2, 0.25) is 0 Å². The van der Waals surface area contributed by atoms with E-state index in [1.807, 2.05) is 6.07 Å². The van der Waals surface area contributed by atoms with Crippen molar-refractivity contribution in [2.45, 2.75) is 43.8 Å². The molecule has 3 aromatic carbocycles. The zero-order valence-electron chi connectivity index (χ0n) is 19.2. The fraction of sp³-hybridized carbons (Fsp3) is 0.321. The highest BCUT2D eigenvalue weighted by Crippen LogP contribution is 2.37. The van der Waals surface area contributed by atoms with E-state index in [1.54, 1.807) is 25.3 Å². The fourth-order valence-electron chi connectivity index (χ4n) is 4.72. The lowest BCUT2D eigenvalue weighted by atomic mass is 9.82. The molecule has 2 fully saturated rings. The maximum atomic E-state index is 14.8. The van der Waals surface area contributed by atoms with Gasteiger partial charge in [0.15, 0.2) is 11.6 Å². The smallest absolute Gasteiger partial charge is 0.346 e. The standard InChI is InChI=1S/C28H25F3O4/c1-33-19-7-2-17(3-8-19)22-12-13-23(27(31)26(22)30)28(32)35-20-9-4-16(5-10-20)21-11-6-18(14-24(21)29)25-15-34-25/h4-6,9-14,17,19,25H,2-3,7-8,15H2,1H3. The van der Waals surface area contributed by atoms with Crippen LogP contribution in [0.5, 0.6) is 5.75 Å². The Kier molecular flexibility index (Phi) is 6.62. The molecule has 3 aromatic rings. The molecule has 1 aliphatic carbocycles. The Morgan fingerprint density at radius 3 is 2.26 bits per heavy atom. The van der Waals surface area contributed by atoms with Crippen molar-refractivity contribution in [2.75, 3.05) is 13.7 Å². The topological polar surface area (TPSA) is 48.1 Å². The highest BCUT2D eigenvalue weighted by Gasteiger charge is 2.28. The lowest BCUT2D eigenvalue weighted by Gasteiger charge is -2.28. The van der Waals surface area contributed by atoms with Crippen LogP contribution in [0.3, 0.4) is 0 Å². The van der Waals surface area contributed by atoms with E-state index in [-0.39, 0.29) is 35.3 Å². The van der Waals surface area contributed by atoms with Gasteiger partial charge in [0.25, 0.3) is 0 Å². The van der Waals surface area contributed by atoms with Crippen molar-refractivity contribution >= 4 is 5.97 Å². The number of benzene rings is 3. The van der Waals surface area contributed by atoms with Crippen molar-refractivity contribution in [3.8, 4) is 16.9 Å². The third-order valence-electron chi connectivity index (χ3n) is 6.85. The van der Waals surface area contributed by atoms with Crippen molar-refractivity contribution in [3.05, 3.63) is 88.7 Å². The van der Waals surface area contributed by atoms with Gasteiger partial charge in [-0.05, 0) is 72.6 Å². The van der Waals surface area contributed by atoms with Gasteiger partial charge in [-0.25, -0.2) is 18.0 Å². The monoisotopic (exact) mass is 482 g/mol. The van der Waals surface area contributed by atoms with Gasteiger partial charge in [-0.1, -0.05) is 30.3 Å². The van der Waals surface area contributed by atoms with Crippen LogP contribution >= 0.6 is 0 Å². The summed E-state index contributed by atoms with van der Waals surface area (Å²) < 4.78 is 59.9. The molecule has 4 nitrogen and oxygen atoms in total. The van der Waals surface area contributed by atoms with Crippen molar-refractivity contribution in [2.24, 2.45) is 0 Å². The molecule has 1 saturated heterocycles. The average Bonchev–Trinajstić information content (AvgIpc) is 3.72. The minimum atomic E-state index is -1.21. The van der Waals surface area contributed by atoms with Gasteiger partial charge in [0.05, 0.1) is 18.3 Å². The van der Waals surface area contributed by atoms with E-state index in [0.717, 1.165) is 18.4 Å². The van der Waals surface area contributed by atoms with Gasteiger partial charge in [-0.15, -0.1) is 0 Å². The summed E-state index contributed by atoms with van der Waals surface area (Å²) in [5.74, 6) is -3.56. The van der Waals surface area contributed by atoms with Crippen LogP contribution < -0.4 is 4.74 Å². The Hall–Kier alpha value is -3.16. The van der Waals surface area contributed by atoms with E-state index in [0.29, 0.717) is 30.6 Å². The number of rotatable bonds is 6. The Labute approximate surface area is 201 Å². The fourth-order valence-corrected chi connectivity index (χ4v) is 4.72. The number of halogens is 3. The van der Waals surface area contributed by atoms with Crippen LogP contribution in [0.2, 0.25) is 0 Å². The molecule has 0 aromatic heterocycles. The molecule has 35 heavy (non-hydrogen) atoms. The second-order valence-corrected chi connectivity index (χ2v) is 9.01. The maximum Gasteiger partial charge on any atom is 0.346 e. The number of esters is 1. The van der Waals surface area contributed by atoms with Crippen LogP contribution in [0.1, 0.15) is 59.2 Å². The first kappa shape index (κ1) is 23.6. The number of hydrogen-bond acceptors (Lipinski definition) is 4. The van der Waals surface area contributed by atoms with Crippen LogP contribution in [0.15, 0.2) is 54.6 Å². The van der Waals surface area contributed by atoms with Gasteiger partial charge >= 0.3 is 5.97 Å². The first-order valence-electron chi connectivity index (χ1n) is 11.7. The molecule has 1 atom stereocenters. The molecular weight excluding hydrogens is 457 g/mol. The van der Waals surface area contributed by atoms with Gasteiger partial charge in [0, 0.05) is 12.7 Å². The molecule has 0 N–H and O–H groups in total. The Balaban J connectivity index is 1.28. The van der Waals surface area contributed by atoms with E-state index in [4.69, 9.17) is 14.2 Å². The van der Waals surface area contributed by atoms with E-state index >= 15 is 0 Å². The van der Waals surface area contributed by atoms with Crippen LogP contribution in [-0.2, 0) is 9.47 Å². The van der Waals surface area contributed by atoms with Crippen LogP contribution in [0.4, 0.5) is 13.2 Å². The zero-order chi connectivity index (χ0) is 24.5. The molecule has 182 valence electrons. The number of methoxy groups -OCH3 is 1. The second-order valence-electron chi connectivity index (χ2n) is 9.01. The molecule has 7 heteroatoms. The lowest BCUT2D eigenvalue weighted by molar-refractivity contribution is 0.0654. The molecule has 0 amide bonds. The van der Waals surface area contributed by atoms with Crippen LogP contribution in [0, 0.1) is 17.5 Å². The number of carbonyl (C=O) groups excluding carboxylic acids is 1. The van der Waals surface area contributed by atoms with Gasteiger partial charge in [-0.2, -0.15) is 0 Å². The van der Waals surface area contributed by atoms with Crippen molar-refractivity contribution in [3.63, 3.8) is 0 Å². The highest BCUT2D eigenvalue weighted by atomic mass is 19.2. The molecule has 2 aliphatic rings. The highest BCUT2D eigenvalue weighted by molar-refractivity contribution is 5.91. The van der Waals surface area contributed by atoms with Crippen LogP contribution in [0.25, 0.3) is 11.1 Å². The first-order valence-corrected chi connectivity index (χ1v) is 11.7. The molecule has 0 bridgehead atoms. The summed E-state index contributed by atoms with van der Waals surface area (Å²) >= 11 is 0.